The van der Waals surface area contributed by atoms with Gasteiger partial charge in [0.1, 0.15) is 11.9 Å². The van der Waals surface area contributed by atoms with E-state index < -0.39 is 0 Å². The van der Waals surface area contributed by atoms with Crippen molar-refractivity contribution in [2.24, 2.45) is 5.92 Å². The average Bonchev–Trinajstić information content (AvgIpc) is 2.82. The molecule has 2 heteroatoms. The Labute approximate surface area is 95.6 Å². The maximum atomic E-state index is 12.0. The van der Waals surface area contributed by atoms with E-state index >= 15 is 0 Å². The second-order valence-electron chi connectivity index (χ2n) is 4.82. The van der Waals surface area contributed by atoms with Crippen LogP contribution in [0.3, 0.4) is 0 Å². The van der Waals surface area contributed by atoms with Crippen LogP contribution in [0.5, 0.6) is 5.75 Å². The summed E-state index contributed by atoms with van der Waals surface area (Å²) in [5, 5.41) is 0. The van der Waals surface area contributed by atoms with E-state index in [1.54, 1.807) is 0 Å². The number of para-hydroxylation sites is 1. The number of benzene rings is 1. The smallest absolute Gasteiger partial charge is 0.170 e. The Kier molecular flexibility index (Phi) is 2.43. The van der Waals surface area contributed by atoms with Gasteiger partial charge in [-0.3, -0.25) is 4.79 Å². The van der Waals surface area contributed by atoms with Crippen molar-refractivity contribution in [3.63, 3.8) is 0 Å². The molecule has 1 aliphatic carbocycles. The number of fused-ring (bicyclic) bond motifs is 1. The zero-order valence-corrected chi connectivity index (χ0v) is 9.32. The minimum Gasteiger partial charge on any atom is -0.489 e. The highest BCUT2D eigenvalue weighted by atomic mass is 16.5. The first-order valence-corrected chi connectivity index (χ1v) is 6.13. The standard InChI is InChI=1S/C14H16O2/c15-12-9-14(10-5-1-2-6-10)16-13-8-4-3-7-11(12)13/h3-4,7-8,10,14H,1-2,5-6,9H2. The van der Waals surface area contributed by atoms with Gasteiger partial charge in [0.05, 0.1) is 5.56 Å². The summed E-state index contributed by atoms with van der Waals surface area (Å²) >= 11 is 0. The number of hydrogen-bond donors (Lipinski definition) is 0. The van der Waals surface area contributed by atoms with Crippen molar-refractivity contribution in [1.29, 1.82) is 0 Å². The van der Waals surface area contributed by atoms with Crippen LogP contribution in [0.1, 0.15) is 42.5 Å². The molecular formula is C14H16O2. The molecule has 0 spiro atoms. The van der Waals surface area contributed by atoms with Gasteiger partial charge in [-0.15, -0.1) is 0 Å². The van der Waals surface area contributed by atoms with Crippen LogP contribution >= 0.6 is 0 Å². The summed E-state index contributed by atoms with van der Waals surface area (Å²) in [5.74, 6) is 1.63. The molecule has 0 aromatic heterocycles. The third-order valence-corrected chi connectivity index (χ3v) is 3.78. The van der Waals surface area contributed by atoms with Crippen molar-refractivity contribution >= 4 is 5.78 Å². The van der Waals surface area contributed by atoms with Crippen molar-refractivity contribution in [3.8, 4) is 5.75 Å². The van der Waals surface area contributed by atoms with Gasteiger partial charge in [0, 0.05) is 6.42 Å². The molecule has 1 aromatic rings. The maximum absolute atomic E-state index is 12.0. The second kappa shape index (κ2) is 3.93. The summed E-state index contributed by atoms with van der Waals surface area (Å²) in [6, 6.07) is 7.61. The first-order chi connectivity index (χ1) is 7.84. The number of hydrogen-bond acceptors (Lipinski definition) is 2. The van der Waals surface area contributed by atoms with E-state index in [0.29, 0.717) is 12.3 Å². The van der Waals surface area contributed by atoms with Crippen LogP contribution in [0.15, 0.2) is 24.3 Å². The average molecular weight is 216 g/mol. The fourth-order valence-electron chi connectivity index (χ4n) is 2.89. The largest absolute Gasteiger partial charge is 0.489 e. The summed E-state index contributed by atoms with van der Waals surface area (Å²) in [5.41, 5.74) is 0.761. The number of ketones is 1. The molecule has 3 rings (SSSR count). The monoisotopic (exact) mass is 216 g/mol. The number of carbonyl (C=O) groups excluding carboxylic acids is 1. The molecule has 1 atom stereocenters. The number of rotatable bonds is 1. The minimum absolute atomic E-state index is 0.130. The van der Waals surface area contributed by atoms with Crippen LogP contribution in [-0.2, 0) is 0 Å². The number of ether oxygens (including phenoxy) is 1. The summed E-state index contributed by atoms with van der Waals surface area (Å²) in [6.07, 6.45) is 5.73. The molecule has 0 N–H and O–H groups in total. The lowest BCUT2D eigenvalue weighted by Crippen LogP contribution is -2.32. The molecule has 0 saturated heterocycles. The third-order valence-electron chi connectivity index (χ3n) is 3.78. The summed E-state index contributed by atoms with van der Waals surface area (Å²) < 4.78 is 5.97. The van der Waals surface area contributed by atoms with Crippen molar-refractivity contribution < 1.29 is 9.53 Å². The fraction of sp³-hybridized carbons (Fsp3) is 0.500. The van der Waals surface area contributed by atoms with Gasteiger partial charge < -0.3 is 4.74 Å². The van der Waals surface area contributed by atoms with Crippen molar-refractivity contribution in [2.75, 3.05) is 0 Å². The van der Waals surface area contributed by atoms with Crippen LogP contribution in [0.2, 0.25) is 0 Å². The van der Waals surface area contributed by atoms with E-state index in [-0.39, 0.29) is 11.9 Å². The zero-order valence-electron chi connectivity index (χ0n) is 9.32. The van der Waals surface area contributed by atoms with E-state index in [9.17, 15) is 4.79 Å². The van der Waals surface area contributed by atoms with Crippen LogP contribution in [-0.4, -0.2) is 11.9 Å². The van der Waals surface area contributed by atoms with Gasteiger partial charge in [-0.1, -0.05) is 25.0 Å². The van der Waals surface area contributed by atoms with Gasteiger partial charge in [0.25, 0.3) is 0 Å². The van der Waals surface area contributed by atoms with Gasteiger partial charge in [-0.2, -0.15) is 0 Å². The van der Waals surface area contributed by atoms with Gasteiger partial charge >= 0.3 is 0 Å². The molecule has 0 radical (unpaired) electrons. The van der Waals surface area contributed by atoms with Crippen molar-refractivity contribution in [3.05, 3.63) is 29.8 Å². The Morgan fingerprint density at radius 1 is 1.12 bits per heavy atom. The third kappa shape index (κ3) is 1.62. The molecule has 1 unspecified atom stereocenters. The van der Waals surface area contributed by atoms with Crippen LogP contribution in [0.25, 0.3) is 0 Å². The van der Waals surface area contributed by atoms with E-state index in [1.807, 2.05) is 24.3 Å². The van der Waals surface area contributed by atoms with Gasteiger partial charge in [0.2, 0.25) is 0 Å². The fourth-order valence-corrected chi connectivity index (χ4v) is 2.89. The van der Waals surface area contributed by atoms with Crippen LogP contribution in [0, 0.1) is 5.92 Å². The molecule has 1 fully saturated rings. The van der Waals surface area contributed by atoms with E-state index in [2.05, 4.69) is 0 Å². The first kappa shape index (κ1) is 9.88. The number of Topliss-reactive ketones (excluding diaryl/α,β-unsaturated/α-hetero) is 1. The molecular weight excluding hydrogens is 200 g/mol. The summed E-state index contributed by atoms with van der Waals surface area (Å²) in [7, 11) is 0. The molecule has 2 nitrogen and oxygen atoms in total. The topological polar surface area (TPSA) is 26.3 Å². The molecule has 1 aromatic carbocycles. The molecule has 0 amide bonds. The Bertz CT molecular complexity index is 405. The van der Waals surface area contributed by atoms with Gasteiger partial charge in [0.15, 0.2) is 5.78 Å². The Balaban J connectivity index is 1.85. The lowest BCUT2D eigenvalue weighted by atomic mass is 9.91. The van der Waals surface area contributed by atoms with Gasteiger partial charge in [-0.25, -0.2) is 0 Å². The SMILES string of the molecule is O=C1CC(C2CCCC2)Oc2ccccc21. The number of carbonyl (C=O) groups is 1. The molecule has 1 saturated carbocycles. The predicted molar refractivity (Wildman–Crippen MR) is 61.8 cm³/mol. The van der Waals surface area contributed by atoms with Crippen molar-refractivity contribution in [1.82, 2.24) is 0 Å². The first-order valence-electron chi connectivity index (χ1n) is 6.13. The minimum atomic E-state index is 0.130. The molecule has 16 heavy (non-hydrogen) atoms. The molecule has 1 heterocycles. The van der Waals surface area contributed by atoms with Crippen molar-refractivity contribution in [2.45, 2.75) is 38.2 Å². The Morgan fingerprint density at radius 2 is 1.88 bits per heavy atom. The normalized spacial score (nSPS) is 25.2. The van der Waals surface area contributed by atoms with E-state index in [4.69, 9.17) is 4.74 Å². The Morgan fingerprint density at radius 3 is 2.69 bits per heavy atom. The highest BCUT2D eigenvalue weighted by Gasteiger charge is 2.33. The van der Waals surface area contributed by atoms with Gasteiger partial charge in [-0.05, 0) is 30.9 Å². The summed E-state index contributed by atoms with van der Waals surface area (Å²) in [4.78, 5) is 12.0. The maximum Gasteiger partial charge on any atom is 0.170 e. The molecule has 84 valence electrons. The summed E-state index contributed by atoms with van der Waals surface area (Å²) in [6.45, 7) is 0. The van der Waals surface area contributed by atoms with E-state index in [0.717, 1.165) is 11.3 Å². The lowest BCUT2D eigenvalue weighted by molar-refractivity contribution is 0.0738. The molecule has 1 aliphatic heterocycles. The highest BCUT2D eigenvalue weighted by molar-refractivity contribution is 5.99. The van der Waals surface area contributed by atoms with Crippen LogP contribution < -0.4 is 4.74 Å². The lowest BCUT2D eigenvalue weighted by Gasteiger charge is -2.29. The zero-order chi connectivity index (χ0) is 11.0. The van der Waals surface area contributed by atoms with Crippen LogP contribution in [0.4, 0.5) is 0 Å². The molecule has 2 aliphatic rings. The highest BCUT2D eigenvalue weighted by Crippen LogP contribution is 2.36. The molecule has 0 bridgehead atoms. The Hall–Kier alpha value is -1.31. The second-order valence-corrected chi connectivity index (χ2v) is 4.82. The quantitative estimate of drug-likeness (QED) is 0.720. The predicted octanol–water partition coefficient (Wildman–Crippen LogP) is 3.21. The van der Waals surface area contributed by atoms with E-state index in [1.165, 1.54) is 25.7 Å².